The van der Waals surface area contributed by atoms with Crippen molar-refractivity contribution in [2.45, 2.75) is 18.9 Å². The Bertz CT molecular complexity index is 151. The second-order valence-corrected chi connectivity index (χ2v) is 3.91. The molecule has 0 radical (unpaired) electrons. The third-order valence-electron chi connectivity index (χ3n) is 2.89. The largest absolute Gasteiger partial charge is 0.366 e. The maximum absolute atomic E-state index is 5.51. The summed E-state index contributed by atoms with van der Waals surface area (Å²) < 4.78 is 5.51. The molecule has 3 nitrogen and oxygen atoms in total. The van der Waals surface area contributed by atoms with Gasteiger partial charge in [0, 0.05) is 32.3 Å². The van der Waals surface area contributed by atoms with Gasteiger partial charge in [0.05, 0.1) is 6.73 Å². The maximum atomic E-state index is 5.51. The van der Waals surface area contributed by atoms with Gasteiger partial charge < -0.3 is 9.64 Å². The van der Waals surface area contributed by atoms with Crippen LogP contribution in [0.1, 0.15) is 12.8 Å². The van der Waals surface area contributed by atoms with Crippen LogP contribution >= 0.6 is 0 Å². The first-order valence-electron chi connectivity index (χ1n) is 4.86. The van der Waals surface area contributed by atoms with Gasteiger partial charge in [-0.25, -0.2) is 0 Å². The van der Waals surface area contributed by atoms with E-state index in [1.807, 2.05) is 0 Å². The van der Waals surface area contributed by atoms with E-state index in [1.165, 1.54) is 32.5 Å². The molecule has 70 valence electrons. The van der Waals surface area contributed by atoms with Crippen LogP contribution in [0.15, 0.2) is 0 Å². The topological polar surface area (TPSA) is 15.7 Å². The number of hydrogen-bond donors (Lipinski definition) is 0. The van der Waals surface area contributed by atoms with Gasteiger partial charge in [-0.15, -0.1) is 0 Å². The molecule has 0 N–H and O–H groups in total. The van der Waals surface area contributed by atoms with Crippen LogP contribution in [0.5, 0.6) is 0 Å². The molecule has 0 amide bonds. The molecule has 2 heterocycles. The summed E-state index contributed by atoms with van der Waals surface area (Å²) in [5.41, 5.74) is 0. The van der Waals surface area contributed by atoms with Crippen LogP contribution in [0.3, 0.4) is 0 Å². The van der Waals surface area contributed by atoms with E-state index in [4.69, 9.17) is 4.74 Å². The van der Waals surface area contributed by atoms with E-state index in [0.717, 1.165) is 19.4 Å². The van der Waals surface area contributed by atoms with Crippen molar-refractivity contribution in [3.8, 4) is 0 Å². The van der Waals surface area contributed by atoms with Gasteiger partial charge >= 0.3 is 0 Å². The van der Waals surface area contributed by atoms with Crippen LogP contribution in [0.25, 0.3) is 0 Å². The number of likely N-dealkylation sites (N-methyl/N-ethyl adjacent to an activating group) is 1. The van der Waals surface area contributed by atoms with Gasteiger partial charge in [0.1, 0.15) is 0 Å². The molecule has 0 spiro atoms. The van der Waals surface area contributed by atoms with E-state index in [0.29, 0.717) is 0 Å². The molecule has 0 saturated carbocycles. The molecule has 2 rings (SSSR count). The predicted octanol–water partition coefficient (Wildman–Crippen LogP) is 0.370. The lowest BCUT2D eigenvalue weighted by molar-refractivity contribution is -0.00169. The molecule has 2 aliphatic heterocycles. The summed E-state index contributed by atoms with van der Waals surface area (Å²) in [6.45, 7) is 5.42. The quantitative estimate of drug-likeness (QED) is 0.522. The highest BCUT2D eigenvalue weighted by atomic mass is 16.5. The van der Waals surface area contributed by atoms with Crippen LogP contribution in [0.4, 0.5) is 0 Å². The number of hydrogen-bond acceptors (Lipinski definition) is 3. The van der Waals surface area contributed by atoms with Gasteiger partial charge in [-0.2, -0.15) is 0 Å². The summed E-state index contributed by atoms with van der Waals surface area (Å²) in [5.74, 6) is 0. The molecule has 1 atom stereocenters. The van der Waals surface area contributed by atoms with Crippen molar-refractivity contribution < 1.29 is 4.74 Å². The van der Waals surface area contributed by atoms with E-state index < -0.39 is 0 Å². The predicted molar refractivity (Wildman–Crippen MR) is 48.0 cm³/mol. The third-order valence-corrected chi connectivity index (χ3v) is 2.89. The Morgan fingerprint density at radius 2 is 2.25 bits per heavy atom. The monoisotopic (exact) mass is 170 g/mol. The van der Waals surface area contributed by atoms with Gasteiger partial charge in [0.2, 0.25) is 0 Å². The summed E-state index contributed by atoms with van der Waals surface area (Å²) in [5, 5.41) is 0. The SMILES string of the molecule is CN1CCN2COCCCC2C1. The van der Waals surface area contributed by atoms with Crippen LogP contribution in [-0.2, 0) is 4.74 Å². The number of nitrogens with zero attached hydrogens (tertiary/aromatic N) is 2. The lowest BCUT2D eigenvalue weighted by Gasteiger charge is -2.38. The molecule has 0 aromatic rings. The minimum absolute atomic E-state index is 0.756. The van der Waals surface area contributed by atoms with Gasteiger partial charge in [0.15, 0.2) is 0 Å². The Morgan fingerprint density at radius 1 is 1.33 bits per heavy atom. The molecule has 0 aromatic carbocycles. The molecular formula is C9H18N2O. The third kappa shape index (κ3) is 1.79. The zero-order chi connectivity index (χ0) is 8.39. The number of rotatable bonds is 0. The molecule has 2 saturated heterocycles. The van der Waals surface area contributed by atoms with Gasteiger partial charge in [-0.1, -0.05) is 0 Å². The summed E-state index contributed by atoms with van der Waals surface area (Å²) in [6.07, 6.45) is 2.54. The highest BCUT2D eigenvalue weighted by Crippen LogP contribution is 2.16. The molecule has 1 unspecified atom stereocenters. The first-order chi connectivity index (χ1) is 5.86. The number of fused-ring (bicyclic) bond motifs is 1. The number of ether oxygens (including phenoxy) is 1. The van der Waals surface area contributed by atoms with Crippen molar-refractivity contribution in [1.29, 1.82) is 0 Å². The van der Waals surface area contributed by atoms with Gasteiger partial charge in [-0.3, -0.25) is 4.90 Å². The summed E-state index contributed by atoms with van der Waals surface area (Å²) in [7, 11) is 2.21. The van der Waals surface area contributed by atoms with Crippen molar-refractivity contribution in [2.75, 3.05) is 40.0 Å². The Balaban J connectivity index is 1.94. The highest BCUT2D eigenvalue weighted by Gasteiger charge is 2.26. The molecule has 2 fully saturated rings. The normalized spacial score (nSPS) is 34.2. The Kier molecular flexibility index (Phi) is 2.63. The summed E-state index contributed by atoms with van der Waals surface area (Å²) >= 11 is 0. The average molecular weight is 170 g/mol. The van der Waals surface area contributed by atoms with E-state index in [-0.39, 0.29) is 0 Å². The first-order valence-corrected chi connectivity index (χ1v) is 4.86. The zero-order valence-corrected chi connectivity index (χ0v) is 7.83. The van der Waals surface area contributed by atoms with Crippen LogP contribution < -0.4 is 0 Å². The lowest BCUT2D eigenvalue weighted by atomic mass is 10.1. The summed E-state index contributed by atoms with van der Waals surface area (Å²) in [6, 6.07) is 0.756. The fourth-order valence-corrected chi connectivity index (χ4v) is 2.09. The lowest BCUT2D eigenvalue weighted by Crippen LogP contribution is -2.51. The van der Waals surface area contributed by atoms with E-state index in [1.54, 1.807) is 0 Å². The molecule has 0 aliphatic carbocycles. The van der Waals surface area contributed by atoms with Crippen molar-refractivity contribution in [2.24, 2.45) is 0 Å². The van der Waals surface area contributed by atoms with Gasteiger partial charge in [-0.05, 0) is 19.9 Å². The van der Waals surface area contributed by atoms with E-state index in [9.17, 15) is 0 Å². The smallest absolute Gasteiger partial charge is 0.0993 e. The van der Waals surface area contributed by atoms with Crippen molar-refractivity contribution >= 4 is 0 Å². The molecule has 2 aliphatic rings. The van der Waals surface area contributed by atoms with Crippen LogP contribution in [0, 0.1) is 0 Å². The molecule has 0 bridgehead atoms. The molecule has 0 aromatic heterocycles. The zero-order valence-electron chi connectivity index (χ0n) is 7.83. The highest BCUT2D eigenvalue weighted by molar-refractivity contribution is 4.80. The average Bonchev–Trinajstić information content (AvgIpc) is 2.28. The van der Waals surface area contributed by atoms with E-state index in [2.05, 4.69) is 16.8 Å². The molecule has 3 heteroatoms. The summed E-state index contributed by atoms with van der Waals surface area (Å²) in [4.78, 5) is 4.90. The molecular weight excluding hydrogens is 152 g/mol. The van der Waals surface area contributed by atoms with Gasteiger partial charge in [0.25, 0.3) is 0 Å². The van der Waals surface area contributed by atoms with Crippen molar-refractivity contribution in [3.63, 3.8) is 0 Å². The second-order valence-electron chi connectivity index (χ2n) is 3.91. The fraction of sp³-hybridized carbons (Fsp3) is 1.00. The van der Waals surface area contributed by atoms with Crippen molar-refractivity contribution in [1.82, 2.24) is 9.80 Å². The Morgan fingerprint density at radius 3 is 3.17 bits per heavy atom. The first kappa shape index (κ1) is 8.48. The molecule has 12 heavy (non-hydrogen) atoms. The minimum Gasteiger partial charge on any atom is -0.366 e. The minimum atomic E-state index is 0.756. The van der Waals surface area contributed by atoms with Crippen LogP contribution in [-0.4, -0.2) is 55.9 Å². The Labute approximate surface area is 74.3 Å². The van der Waals surface area contributed by atoms with Crippen molar-refractivity contribution in [3.05, 3.63) is 0 Å². The fourth-order valence-electron chi connectivity index (χ4n) is 2.09. The standard InChI is InChI=1S/C9H18N2O/c1-10-4-5-11-8-12-6-2-3-9(11)7-10/h9H,2-8H2,1H3. The van der Waals surface area contributed by atoms with E-state index >= 15 is 0 Å². The maximum Gasteiger partial charge on any atom is 0.0993 e. The van der Waals surface area contributed by atoms with Crippen LogP contribution in [0.2, 0.25) is 0 Å². The second kappa shape index (κ2) is 3.73. The Hall–Kier alpha value is -0.120. The number of piperazine rings is 1.